The van der Waals surface area contributed by atoms with Crippen LogP contribution in [0, 0.1) is 0 Å². The molecule has 2 rings (SSSR count). The molecule has 3 unspecified atom stereocenters. The van der Waals surface area contributed by atoms with Crippen LogP contribution in [0.5, 0.6) is 0 Å². The van der Waals surface area contributed by atoms with Crippen LogP contribution in [0.15, 0.2) is 0 Å². The molecule has 2 aliphatic heterocycles. The van der Waals surface area contributed by atoms with Gasteiger partial charge in [0.2, 0.25) is 11.8 Å². The molecule has 18 heavy (non-hydrogen) atoms. The molecule has 2 heterocycles. The van der Waals surface area contributed by atoms with Gasteiger partial charge in [0.1, 0.15) is 0 Å². The second-order valence-corrected chi connectivity index (χ2v) is 4.80. The SMILES string of the molecule is COC(CO)CN1C(=O)CC2CCC(CC1=O)O2. The zero-order valence-electron chi connectivity index (χ0n) is 10.5. The number of hydrogen-bond acceptors (Lipinski definition) is 5. The molecule has 0 saturated carbocycles. The second kappa shape index (κ2) is 5.77. The molecular weight excluding hydrogens is 238 g/mol. The molecule has 2 fully saturated rings. The van der Waals surface area contributed by atoms with E-state index in [1.165, 1.54) is 12.0 Å². The first kappa shape index (κ1) is 13.5. The van der Waals surface area contributed by atoms with Crippen LogP contribution in [-0.2, 0) is 19.1 Å². The lowest BCUT2D eigenvalue weighted by Gasteiger charge is -2.28. The molecule has 0 aromatic heterocycles. The highest BCUT2D eigenvalue weighted by molar-refractivity contribution is 5.96. The Morgan fingerprint density at radius 2 is 1.89 bits per heavy atom. The molecule has 2 amide bonds. The van der Waals surface area contributed by atoms with E-state index in [0.717, 1.165) is 12.8 Å². The number of amides is 2. The molecule has 0 radical (unpaired) electrons. The van der Waals surface area contributed by atoms with E-state index in [1.807, 2.05) is 0 Å². The predicted octanol–water partition coefficient (Wildman–Crippen LogP) is -0.310. The van der Waals surface area contributed by atoms with Crippen molar-refractivity contribution in [2.24, 2.45) is 0 Å². The third kappa shape index (κ3) is 2.88. The summed E-state index contributed by atoms with van der Waals surface area (Å²) in [7, 11) is 1.45. The van der Waals surface area contributed by atoms with E-state index in [4.69, 9.17) is 14.6 Å². The molecule has 6 nitrogen and oxygen atoms in total. The molecular formula is C12H19NO5. The predicted molar refractivity (Wildman–Crippen MR) is 61.7 cm³/mol. The van der Waals surface area contributed by atoms with Gasteiger partial charge in [-0.1, -0.05) is 0 Å². The first-order valence-electron chi connectivity index (χ1n) is 6.26. The summed E-state index contributed by atoms with van der Waals surface area (Å²) >= 11 is 0. The molecule has 0 aromatic carbocycles. The average Bonchev–Trinajstić information content (AvgIpc) is 2.77. The fourth-order valence-corrected chi connectivity index (χ4v) is 2.44. The van der Waals surface area contributed by atoms with Gasteiger partial charge in [0.25, 0.3) is 0 Å². The van der Waals surface area contributed by atoms with Gasteiger partial charge in [-0.3, -0.25) is 14.5 Å². The highest BCUT2D eigenvalue weighted by Crippen LogP contribution is 2.28. The number of aliphatic hydroxyl groups excluding tert-OH is 1. The number of aliphatic hydroxyl groups is 1. The number of carbonyl (C=O) groups is 2. The Balaban J connectivity index is 2.06. The topological polar surface area (TPSA) is 76.1 Å². The summed E-state index contributed by atoms with van der Waals surface area (Å²) in [6.07, 6.45) is 1.52. The maximum Gasteiger partial charge on any atom is 0.231 e. The fraction of sp³-hybridized carbons (Fsp3) is 0.833. The maximum absolute atomic E-state index is 12.0. The van der Waals surface area contributed by atoms with Crippen molar-refractivity contribution in [3.05, 3.63) is 0 Å². The molecule has 1 N–H and O–H groups in total. The van der Waals surface area contributed by atoms with Crippen molar-refractivity contribution in [3.63, 3.8) is 0 Å². The first-order chi connectivity index (χ1) is 8.63. The molecule has 0 spiro atoms. The van der Waals surface area contributed by atoms with Crippen LogP contribution in [0.1, 0.15) is 25.7 Å². The summed E-state index contributed by atoms with van der Waals surface area (Å²) in [5.41, 5.74) is 0. The monoisotopic (exact) mass is 257 g/mol. The minimum Gasteiger partial charge on any atom is -0.394 e. The molecule has 102 valence electrons. The van der Waals surface area contributed by atoms with E-state index in [9.17, 15) is 9.59 Å². The molecule has 3 atom stereocenters. The van der Waals surface area contributed by atoms with Crippen molar-refractivity contribution < 1.29 is 24.2 Å². The second-order valence-electron chi connectivity index (χ2n) is 4.80. The van der Waals surface area contributed by atoms with Gasteiger partial charge < -0.3 is 14.6 Å². The third-order valence-electron chi connectivity index (χ3n) is 3.53. The number of hydrogen-bond donors (Lipinski definition) is 1. The Morgan fingerprint density at radius 3 is 2.33 bits per heavy atom. The average molecular weight is 257 g/mol. The van der Waals surface area contributed by atoms with E-state index < -0.39 is 6.10 Å². The number of fused-ring (bicyclic) bond motifs is 2. The number of rotatable bonds is 4. The van der Waals surface area contributed by atoms with Crippen LogP contribution >= 0.6 is 0 Å². The lowest BCUT2D eigenvalue weighted by atomic mass is 10.1. The van der Waals surface area contributed by atoms with Gasteiger partial charge in [-0.05, 0) is 12.8 Å². The number of carbonyl (C=O) groups excluding carboxylic acids is 2. The van der Waals surface area contributed by atoms with E-state index >= 15 is 0 Å². The Morgan fingerprint density at radius 1 is 1.33 bits per heavy atom. The molecule has 0 aromatic rings. The van der Waals surface area contributed by atoms with Crippen molar-refractivity contribution in [1.29, 1.82) is 0 Å². The number of nitrogens with zero attached hydrogens (tertiary/aromatic N) is 1. The highest BCUT2D eigenvalue weighted by atomic mass is 16.5. The third-order valence-corrected chi connectivity index (χ3v) is 3.53. The lowest BCUT2D eigenvalue weighted by Crippen LogP contribution is -2.46. The van der Waals surface area contributed by atoms with Crippen molar-refractivity contribution in [1.82, 2.24) is 4.90 Å². The summed E-state index contributed by atoms with van der Waals surface area (Å²) in [5, 5.41) is 9.07. The minimum atomic E-state index is -0.518. The Hall–Kier alpha value is -0.980. The van der Waals surface area contributed by atoms with Crippen molar-refractivity contribution in [3.8, 4) is 0 Å². The number of methoxy groups -OCH3 is 1. The summed E-state index contributed by atoms with van der Waals surface area (Å²) in [4.78, 5) is 25.2. The maximum atomic E-state index is 12.0. The largest absolute Gasteiger partial charge is 0.394 e. The van der Waals surface area contributed by atoms with Gasteiger partial charge in [0, 0.05) is 7.11 Å². The van der Waals surface area contributed by atoms with Gasteiger partial charge in [0.15, 0.2) is 0 Å². The van der Waals surface area contributed by atoms with E-state index in [0.29, 0.717) is 0 Å². The quantitative estimate of drug-likeness (QED) is 0.699. The normalized spacial score (nSPS) is 30.2. The highest BCUT2D eigenvalue weighted by Gasteiger charge is 2.36. The minimum absolute atomic E-state index is 0.0618. The molecule has 2 saturated heterocycles. The van der Waals surface area contributed by atoms with Crippen LogP contribution in [-0.4, -0.2) is 60.4 Å². The molecule has 2 aliphatic rings. The van der Waals surface area contributed by atoms with Crippen molar-refractivity contribution in [2.75, 3.05) is 20.3 Å². The Labute approximate surface area is 106 Å². The Bertz CT molecular complexity index is 304. The zero-order chi connectivity index (χ0) is 13.1. The van der Waals surface area contributed by atoms with Gasteiger partial charge in [-0.15, -0.1) is 0 Å². The van der Waals surface area contributed by atoms with Crippen LogP contribution in [0.4, 0.5) is 0 Å². The summed E-state index contributed by atoms with van der Waals surface area (Å²) in [6.45, 7) is -0.0962. The summed E-state index contributed by atoms with van der Waals surface area (Å²) < 4.78 is 10.6. The fourth-order valence-electron chi connectivity index (χ4n) is 2.44. The van der Waals surface area contributed by atoms with Crippen LogP contribution in [0.25, 0.3) is 0 Å². The number of imide groups is 1. The zero-order valence-corrected chi connectivity index (χ0v) is 10.5. The molecule has 0 aliphatic carbocycles. The summed E-state index contributed by atoms with van der Waals surface area (Å²) in [6, 6.07) is 0. The van der Waals surface area contributed by atoms with E-state index in [1.54, 1.807) is 0 Å². The van der Waals surface area contributed by atoms with Crippen LogP contribution in [0.3, 0.4) is 0 Å². The smallest absolute Gasteiger partial charge is 0.231 e. The van der Waals surface area contributed by atoms with Gasteiger partial charge in [-0.25, -0.2) is 0 Å². The first-order valence-corrected chi connectivity index (χ1v) is 6.26. The van der Waals surface area contributed by atoms with Crippen molar-refractivity contribution in [2.45, 2.75) is 44.0 Å². The van der Waals surface area contributed by atoms with Gasteiger partial charge in [0.05, 0.1) is 44.3 Å². The van der Waals surface area contributed by atoms with E-state index in [-0.39, 0.29) is 50.0 Å². The molecule has 2 bridgehead atoms. The molecule has 6 heteroatoms. The van der Waals surface area contributed by atoms with Crippen LogP contribution in [0.2, 0.25) is 0 Å². The van der Waals surface area contributed by atoms with Gasteiger partial charge in [-0.2, -0.15) is 0 Å². The number of ether oxygens (including phenoxy) is 2. The van der Waals surface area contributed by atoms with Crippen molar-refractivity contribution >= 4 is 11.8 Å². The van der Waals surface area contributed by atoms with Gasteiger partial charge >= 0.3 is 0 Å². The van der Waals surface area contributed by atoms with Crippen LogP contribution < -0.4 is 0 Å². The standard InChI is InChI=1S/C12H19NO5/c1-17-10(7-14)6-13-11(15)4-8-2-3-9(18-8)5-12(13)16/h8-10,14H,2-7H2,1H3. The summed E-state index contributed by atoms with van der Waals surface area (Å²) in [5.74, 6) is -0.471. The van der Waals surface area contributed by atoms with E-state index in [2.05, 4.69) is 0 Å². The lowest BCUT2D eigenvalue weighted by molar-refractivity contribution is -0.153. The Kier molecular flexibility index (Phi) is 4.31.